The maximum absolute atomic E-state index is 11.7. The number of Topliss-reactive ketones (excluding diaryl/α,β-unsaturated/α-hetero) is 1. The summed E-state index contributed by atoms with van der Waals surface area (Å²) in [5, 5.41) is 0.895. The quantitative estimate of drug-likeness (QED) is 0.578. The zero-order valence-electron chi connectivity index (χ0n) is 8.83. The number of carbonyl (C=O) groups excluding carboxylic acids is 2. The largest absolute Gasteiger partial charge is 0.466 e. The van der Waals surface area contributed by atoms with Gasteiger partial charge in [0.15, 0.2) is 5.78 Å². The summed E-state index contributed by atoms with van der Waals surface area (Å²) in [6.07, 6.45) is 3.43. The molecule has 88 valence electrons. The van der Waals surface area contributed by atoms with Crippen LogP contribution >= 0.6 is 23.2 Å². The first-order valence-corrected chi connectivity index (χ1v) is 5.71. The summed E-state index contributed by atoms with van der Waals surface area (Å²) >= 11 is 11.6. The van der Waals surface area contributed by atoms with Crippen LogP contribution in [0.3, 0.4) is 0 Å². The fraction of sp³-hybridized carbons (Fsp3) is 0.455. The summed E-state index contributed by atoms with van der Waals surface area (Å²) in [6, 6.07) is 0. The number of ketones is 1. The van der Waals surface area contributed by atoms with E-state index in [9.17, 15) is 9.59 Å². The summed E-state index contributed by atoms with van der Waals surface area (Å²) in [7, 11) is 0. The maximum Gasteiger partial charge on any atom is 0.313 e. The number of halogens is 2. The van der Waals surface area contributed by atoms with Crippen molar-refractivity contribution in [2.45, 2.75) is 19.8 Å². The van der Waals surface area contributed by atoms with Gasteiger partial charge in [0.05, 0.1) is 12.5 Å². The standard InChI is InChI=1S/C11H12Cl2O3/c1-2-16-11(15)6-10(14)8-4-3-7(12)5-9(8)13/h3,5,8H,2,4,6H2,1H3. The Labute approximate surface area is 104 Å². The van der Waals surface area contributed by atoms with Gasteiger partial charge < -0.3 is 4.74 Å². The average Bonchev–Trinajstić information content (AvgIpc) is 2.17. The Hall–Kier alpha value is -0.800. The van der Waals surface area contributed by atoms with Gasteiger partial charge in [-0.3, -0.25) is 9.59 Å². The summed E-state index contributed by atoms with van der Waals surface area (Å²) in [4.78, 5) is 22.8. The van der Waals surface area contributed by atoms with E-state index in [4.69, 9.17) is 27.9 Å². The molecule has 0 aromatic heterocycles. The number of carbonyl (C=O) groups is 2. The first-order chi connectivity index (χ1) is 7.54. The van der Waals surface area contributed by atoms with Crippen molar-refractivity contribution >= 4 is 35.0 Å². The second-order valence-electron chi connectivity index (χ2n) is 3.35. The molecule has 0 radical (unpaired) electrons. The Balaban J connectivity index is 2.57. The van der Waals surface area contributed by atoms with E-state index in [1.165, 1.54) is 6.08 Å². The third-order valence-corrected chi connectivity index (χ3v) is 2.81. The van der Waals surface area contributed by atoms with E-state index in [1.807, 2.05) is 0 Å². The predicted molar refractivity (Wildman–Crippen MR) is 62.2 cm³/mol. The van der Waals surface area contributed by atoms with E-state index in [0.29, 0.717) is 16.5 Å². The molecule has 1 aliphatic rings. The van der Waals surface area contributed by atoms with E-state index in [2.05, 4.69) is 0 Å². The molecular weight excluding hydrogens is 251 g/mol. The monoisotopic (exact) mass is 262 g/mol. The lowest BCUT2D eigenvalue weighted by atomic mass is 9.94. The second kappa shape index (κ2) is 6.06. The molecule has 1 aliphatic carbocycles. The molecule has 0 amide bonds. The number of hydrogen-bond donors (Lipinski definition) is 0. The minimum Gasteiger partial charge on any atom is -0.466 e. The zero-order valence-corrected chi connectivity index (χ0v) is 10.3. The fourth-order valence-electron chi connectivity index (χ4n) is 1.40. The van der Waals surface area contributed by atoms with Crippen molar-refractivity contribution in [1.29, 1.82) is 0 Å². The first-order valence-electron chi connectivity index (χ1n) is 4.95. The molecule has 1 rings (SSSR count). The van der Waals surface area contributed by atoms with E-state index in [1.54, 1.807) is 13.0 Å². The number of ether oxygens (including phenoxy) is 1. The molecule has 0 aliphatic heterocycles. The van der Waals surface area contributed by atoms with Crippen LogP contribution in [0.4, 0.5) is 0 Å². The Bertz CT molecular complexity index is 358. The van der Waals surface area contributed by atoms with Crippen LogP contribution in [0.5, 0.6) is 0 Å². The van der Waals surface area contributed by atoms with Gasteiger partial charge in [-0.05, 0) is 19.4 Å². The molecule has 1 unspecified atom stereocenters. The van der Waals surface area contributed by atoms with Gasteiger partial charge in [0.25, 0.3) is 0 Å². The summed E-state index contributed by atoms with van der Waals surface area (Å²) in [5.41, 5.74) is 0. The van der Waals surface area contributed by atoms with Crippen LogP contribution in [0.1, 0.15) is 19.8 Å². The van der Waals surface area contributed by atoms with E-state index >= 15 is 0 Å². The molecule has 0 bridgehead atoms. The molecule has 0 fully saturated rings. The van der Waals surface area contributed by atoms with Crippen LogP contribution < -0.4 is 0 Å². The number of allylic oxidation sites excluding steroid dienone is 4. The number of rotatable bonds is 4. The molecule has 0 saturated carbocycles. The van der Waals surface area contributed by atoms with Gasteiger partial charge in [-0.1, -0.05) is 29.3 Å². The van der Waals surface area contributed by atoms with Gasteiger partial charge in [0.2, 0.25) is 0 Å². The highest BCUT2D eigenvalue weighted by Gasteiger charge is 2.25. The summed E-state index contributed by atoms with van der Waals surface area (Å²) in [5.74, 6) is -1.22. The molecule has 3 nitrogen and oxygen atoms in total. The third kappa shape index (κ3) is 3.65. The van der Waals surface area contributed by atoms with E-state index < -0.39 is 11.9 Å². The highest BCUT2D eigenvalue weighted by atomic mass is 35.5. The normalized spacial score (nSPS) is 19.8. The van der Waals surface area contributed by atoms with Crippen LogP contribution in [0, 0.1) is 5.92 Å². The molecule has 0 aromatic carbocycles. The molecule has 0 heterocycles. The van der Waals surface area contributed by atoms with Crippen molar-refractivity contribution in [3.05, 3.63) is 22.2 Å². The van der Waals surface area contributed by atoms with E-state index in [0.717, 1.165) is 0 Å². The highest BCUT2D eigenvalue weighted by molar-refractivity contribution is 6.36. The topological polar surface area (TPSA) is 43.4 Å². The van der Waals surface area contributed by atoms with Crippen molar-refractivity contribution in [2.24, 2.45) is 5.92 Å². The van der Waals surface area contributed by atoms with Crippen LogP contribution in [0.15, 0.2) is 22.2 Å². The van der Waals surface area contributed by atoms with Gasteiger partial charge in [-0.25, -0.2) is 0 Å². The predicted octanol–water partition coefficient (Wildman–Crippen LogP) is 2.77. The average molecular weight is 263 g/mol. The van der Waals surface area contributed by atoms with Crippen molar-refractivity contribution in [3.8, 4) is 0 Å². The van der Waals surface area contributed by atoms with Crippen LogP contribution in [-0.2, 0) is 14.3 Å². The Morgan fingerprint density at radius 3 is 2.75 bits per heavy atom. The van der Waals surface area contributed by atoms with Gasteiger partial charge >= 0.3 is 5.97 Å². The molecule has 16 heavy (non-hydrogen) atoms. The second-order valence-corrected chi connectivity index (χ2v) is 4.23. The smallest absolute Gasteiger partial charge is 0.313 e. The lowest BCUT2D eigenvalue weighted by Crippen LogP contribution is -2.20. The SMILES string of the molecule is CCOC(=O)CC(=O)C1CC=C(Cl)C=C1Cl. The van der Waals surface area contributed by atoms with Crippen LogP contribution in [0.2, 0.25) is 0 Å². The molecule has 0 N–H and O–H groups in total. The van der Waals surface area contributed by atoms with Crippen molar-refractivity contribution in [2.75, 3.05) is 6.61 Å². The molecule has 0 spiro atoms. The summed E-state index contributed by atoms with van der Waals surface area (Å²) < 4.78 is 4.70. The molecule has 5 heteroatoms. The van der Waals surface area contributed by atoms with Gasteiger partial charge in [-0.2, -0.15) is 0 Å². The van der Waals surface area contributed by atoms with E-state index in [-0.39, 0.29) is 18.8 Å². The lowest BCUT2D eigenvalue weighted by molar-refractivity contribution is -0.146. The van der Waals surface area contributed by atoms with Crippen molar-refractivity contribution < 1.29 is 14.3 Å². The number of hydrogen-bond acceptors (Lipinski definition) is 3. The Kier molecular flexibility index (Phi) is 5.03. The zero-order chi connectivity index (χ0) is 12.1. The van der Waals surface area contributed by atoms with Gasteiger partial charge in [0, 0.05) is 10.1 Å². The van der Waals surface area contributed by atoms with Gasteiger partial charge in [0.1, 0.15) is 6.42 Å². The number of esters is 1. The molecule has 1 atom stereocenters. The Morgan fingerprint density at radius 1 is 1.50 bits per heavy atom. The van der Waals surface area contributed by atoms with Crippen molar-refractivity contribution in [1.82, 2.24) is 0 Å². The fourth-order valence-corrected chi connectivity index (χ4v) is 1.99. The molecular formula is C11H12Cl2O3. The van der Waals surface area contributed by atoms with Crippen LogP contribution in [-0.4, -0.2) is 18.4 Å². The Morgan fingerprint density at radius 2 is 2.19 bits per heavy atom. The molecule has 0 aromatic rings. The van der Waals surface area contributed by atoms with Crippen molar-refractivity contribution in [3.63, 3.8) is 0 Å². The van der Waals surface area contributed by atoms with Crippen LogP contribution in [0.25, 0.3) is 0 Å². The minimum atomic E-state index is -0.516. The minimum absolute atomic E-state index is 0.236. The highest BCUT2D eigenvalue weighted by Crippen LogP contribution is 2.29. The molecule has 0 saturated heterocycles. The maximum atomic E-state index is 11.7. The third-order valence-electron chi connectivity index (χ3n) is 2.17. The van der Waals surface area contributed by atoms with Gasteiger partial charge in [-0.15, -0.1) is 0 Å². The lowest BCUT2D eigenvalue weighted by Gasteiger charge is -2.16. The first kappa shape index (κ1) is 13.3. The summed E-state index contributed by atoms with van der Waals surface area (Å²) in [6.45, 7) is 1.96.